The minimum absolute atomic E-state index is 0.687. The van der Waals surface area contributed by atoms with E-state index in [4.69, 9.17) is 0 Å². The third-order valence-corrected chi connectivity index (χ3v) is 5.42. The van der Waals surface area contributed by atoms with Crippen molar-refractivity contribution in [1.29, 1.82) is 0 Å². The van der Waals surface area contributed by atoms with E-state index in [0.717, 1.165) is 6.54 Å². The summed E-state index contributed by atoms with van der Waals surface area (Å²) in [7, 11) is 0. The smallest absolute Gasteiger partial charge is 0.0351 e. The number of rotatable bonds is 9. The molecule has 1 N–H and O–H groups in total. The van der Waals surface area contributed by atoms with E-state index < -0.39 is 0 Å². The van der Waals surface area contributed by atoms with E-state index in [1.807, 2.05) is 22.7 Å². The fraction of sp³-hybridized carbons (Fsp3) is 0.529. The van der Waals surface area contributed by atoms with Gasteiger partial charge in [0.15, 0.2) is 0 Å². The van der Waals surface area contributed by atoms with Gasteiger partial charge >= 0.3 is 0 Å². The molecule has 0 saturated heterocycles. The Kier molecular flexibility index (Phi) is 6.77. The van der Waals surface area contributed by atoms with Crippen molar-refractivity contribution < 1.29 is 0 Å². The molecule has 0 spiro atoms. The number of thiophene rings is 2. The molecule has 0 bridgehead atoms. The summed E-state index contributed by atoms with van der Waals surface area (Å²) in [6, 6.07) is 7.35. The molecular weight excluding hydrogens is 282 g/mol. The molecule has 1 nitrogen and oxygen atoms in total. The molecule has 0 aliphatic rings. The maximum atomic E-state index is 3.74. The van der Waals surface area contributed by atoms with Crippen molar-refractivity contribution >= 4 is 22.7 Å². The summed E-state index contributed by atoms with van der Waals surface area (Å²) in [6.45, 7) is 5.57. The van der Waals surface area contributed by atoms with E-state index in [1.54, 1.807) is 0 Å². The van der Waals surface area contributed by atoms with Crippen LogP contribution in [0.25, 0.3) is 10.4 Å². The molecule has 1 unspecified atom stereocenters. The summed E-state index contributed by atoms with van der Waals surface area (Å²) in [5.74, 6) is 0. The Morgan fingerprint density at radius 2 is 2.05 bits per heavy atom. The lowest BCUT2D eigenvalue weighted by molar-refractivity contribution is 0.435. The standard InChI is InChI=1S/C17H25NS2/c1-3-5-8-15(7-4-2)18-12-16-11-14(13-20-16)17-9-6-10-19-17/h6,9-11,13,15,18H,3-5,7-8,12H2,1-2H3. The van der Waals surface area contributed by atoms with Crippen LogP contribution in [-0.2, 0) is 6.54 Å². The lowest BCUT2D eigenvalue weighted by Gasteiger charge is -2.17. The summed E-state index contributed by atoms with van der Waals surface area (Å²) >= 11 is 3.70. The van der Waals surface area contributed by atoms with Crippen LogP contribution in [-0.4, -0.2) is 6.04 Å². The van der Waals surface area contributed by atoms with E-state index in [1.165, 1.54) is 47.4 Å². The molecule has 0 fully saturated rings. The van der Waals surface area contributed by atoms with Crippen LogP contribution in [0.15, 0.2) is 29.0 Å². The average molecular weight is 308 g/mol. The third-order valence-electron chi connectivity index (χ3n) is 3.57. The van der Waals surface area contributed by atoms with Crippen LogP contribution in [0.2, 0.25) is 0 Å². The highest BCUT2D eigenvalue weighted by molar-refractivity contribution is 7.14. The topological polar surface area (TPSA) is 12.0 Å². The van der Waals surface area contributed by atoms with Crippen molar-refractivity contribution in [2.75, 3.05) is 0 Å². The van der Waals surface area contributed by atoms with Gasteiger partial charge in [0.25, 0.3) is 0 Å². The van der Waals surface area contributed by atoms with Crippen LogP contribution in [0.3, 0.4) is 0 Å². The van der Waals surface area contributed by atoms with Gasteiger partial charge < -0.3 is 5.32 Å². The van der Waals surface area contributed by atoms with Gasteiger partial charge in [-0.25, -0.2) is 0 Å². The number of unbranched alkanes of at least 4 members (excludes halogenated alkanes) is 1. The Labute approximate surface area is 131 Å². The van der Waals surface area contributed by atoms with Crippen LogP contribution >= 0.6 is 22.7 Å². The molecule has 110 valence electrons. The second-order valence-corrected chi connectivity index (χ2v) is 7.23. The summed E-state index contributed by atoms with van der Waals surface area (Å²) in [5.41, 5.74) is 1.38. The van der Waals surface area contributed by atoms with Crippen LogP contribution in [0.5, 0.6) is 0 Å². The predicted molar refractivity (Wildman–Crippen MR) is 92.7 cm³/mol. The van der Waals surface area contributed by atoms with E-state index in [9.17, 15) is 0 Å². The van der Waals surface area contributed by atoms with Crippen LogP contribution in [0.1, 0.15) is 50.8 Å². The maximum Gasteiger partial charge on any atom is 0.0351 e. The highest BCUT2D eigenvalue weighted by Gasteiger charge is 2.08. The molecule has 0 aliphatic carbocycles. The van der Waals surface area contributed by atoms with Gasteiger partial charge in [-0.2, -0.15) is 0 Å². The summed E-state index contributed by atoms with van der Waals surface area (Å²) in [5, 5.41) is 8.17. The molecule has 0 radical (unpaired) electrons. The summed E-state index contributed by atoms with van der Waals surface area (Å²) in [6.07, 6.45) is 6.51. The van der Waals surface area contributed by atoms with Crippen molar-refractivity contribution in [2.24, 2.45) is 0 Å². The van der Waals surface area contributed by atoms with Gasteiger partial charge in [0.2, 0.25) is 0 Å². The summed E-state index contributed by atoms with van der Waals surface area (Å²) < 4.78 is 0. The highest BCUT2D eigenvalue weighted by atomic mass is 32.1. The molecule has 2 aromatic heterocycles. The molecular formula is C17H25NS2. The van der Waals surface area contributed by atoms with Gasteiger partial charge in [-0.1, -0.05) is 39.2 Å². The minimum atomic E-state index is 0.687. The Morgan fingerprint density at radius 3 is 2.75 bits per heavy atom. The van der Waals surface area contributed by atoms with E-state index in [-0.39, 0.29) is 0 Å². The zero-order chi connectivity index (χ0) is 14.2. The van der Waals surface area contributed by atoms with Gasteiger partial charge in [0.1, 0.15) is 0 Å². The largest absolute Gasteiger partial charge is 0.309 e. The van der Waals surface area contributed by atoms with Crippen molar-refractivity contribution in [3.8, 4) is 10.4 Å². The first-order valence-corrected chi connectivity index (χ1v) is 9.44. The Balaban J connectivity index is 1.86. The summed E-state index contributed by atoms with van der Waals surface area (Å²) in [4.78, 5) is 2.83. The monoisotopic (exact) mass is 307 g/mol. The molecule has 0 aromatic carbocycles. The number of nitrogens with one attached hydrogen (secondary N) is 1. The van der Waals surface area contributed by atoms with Crippen molar-refractivity contribution in [1.82, 2.24) is 5.32 Å². The molecule has 2 aromatic rings. The first-order chi connectivity index (χ1) is 9.83. The molecule has 0 aliphatic heterocycles. The second kappa shape index (κ2) is 8.60. The lowest BCUT2D eigenvalue weighted by Crippen LogP contribution is -2.28. The number of hydrogen-bond acceptors (Lipinski definition) is 3. The quantitative estimate of drug-likeness (QED) is 0.606. The van der Waals surface area contributed by atoms with Gasteiger partial charge in [0, 0.05) is 27.9 Å². The van der Waals surface area contributed by atoms with Crippen molar-refractivity contribution in [3.63, 3.8) is 0 Å². The van der Waals surface area contributed by atoms with Crippen molar-refractivity contribution in [2.45, 2.75) is 58.5 Å². The molecule has 20 heavy (non-hydrogen) atoms. The van der Waals surface area contributed by atoms with Crippen LogP contribution in [0, 0.1) is 0 Å². The highest BCUT2D eigenvalue weighted by Crippen LogP contribution is 2.29. The van der Waals surface area contributed by atoms with Crippen molar-refractivity contribution in [3.05, 3.63) is 33.8 Å². The van der Waals surface area contributed by atoms with Gasteiger partial charge in [-0.3, -0.25) is 0 Å². The first kappa shape index (κ1) is 15.7. The predicted octanol–water partition coefficient (Wildman–Crippen LogP) is 5.93. The van der Waals surface area contributed by atoms with Gasteiger partial charge in [-0.15, -0.1) is 22.7 Å². The van der Waals surface area contributed by atoms with E-state index >= 15 is 0 Å². The Hall–Kier alpha value is -0.640. The number of hydrogen-bond donors (Lipinski definition) is 1. The van der Waals surface area contributed by atoms with E-state index in [0.29, 0.717) is 6.04 Å². The lowest BCUT2D eigenvalue weighted by atomic mass is 10.1. The van der Waals surface area contributed by atoms with Gasteiger partial charge in [-0.05, 0) is 35.7 Å². The molecule has 2 rings (SSSR count). The fourth-order valence-electron chi connectivity index (χ4n) is 2.44. The molecule has 3 heteroatoms. The minimum Gasteiger partial charge on any atom is -0.309 e. The SMILES string of the molecule is CCCCC(CCC)NCc1cc(-c2cccs2)cs1. The van der Waals surface area contributed by atoms with Crippen LogP contribution in [0.4, 0.5) is 0 Å². The molecule has 0 saturated carbocycles. The molecule has 0 amide bonds. The Bertz CT molecular complexity index is 473. The molecule has 1 atom stereocenters. The zero-order valence-electron chi connectivity index (χ0n) is 12.5. The zero-order valence-corrected chi connectivity index (χ0v) is 14.2. The maximum absolute atomic E-state index is 3.74. The first-order valence-electron chi connectivity index (χ1n) is 7.68. The van der Waals surface area contributed by atoms with Crippen LogP contribution < -0.4 is 5.32 Å². The fourth-order valence-corrected chi connectivity index (χ4v) is 4.06. The third kappa shape index (κ3) is 4.72. The van der Waals surface area contributed by atoms with Gasteiger partial charge in [0.05, 0.1) is 0 Å². The normalized spacial score (nSPS) is 12.7. The van der Waals surface area contributed by atoms with E-state index in [2.05, 4.69) is 48.1 Å². The molecule has 2 heterocycles. The average Bonchev–Trinajstić information content (AvgIpc) is 3.12. The Morgan fingerprint density at radius 1 is 1.15 bits per heavy atom. The second-order valence-electron chi connectivity index (χ2n) is 5.29.